The number of methoxy groups -OCH3 is 2. The van der Waals surface area contributed by atoms with E-state index in [-0.39, 0.29) is 0 Å². The van der Waals surface area contributed by atoms with E-state index >= 15 is 0 Å². The summed E-state index contributed by atoms with van der Waals surface area (Å²) in [4.78, 5) is 8.93. The van der Waals surface area contributed by atoms with Crippen LogP contribution in [0.1, 0.15) is 5.76 Å². The average Bonchev–Trinajstić information content (AvgIpc) is 3.25. The van der Waals surface area contributed by atoms with Crippen molar-refractivity contribution in [1.82, 2.24) is 14.4 Å². The van der Waals surface area contributed by atoms with E-state index < -0.39 is 0 Å². The van der Waals surface area contributed by atoms with Crippen molar-refractivity contribution in [3.8, 4) is 23.0 Å². The van der Waals surface area contributed by atoms with Crippen molar-refractivity contribution < 1.29 is 13.9 Å². The molecule has 4 aromatic rings. The van der Waals surface area contributed by atoms with Crippen molar-refractivity contribution in [2.75, 3.05) is 19.5 Å². The molecule has 1 N–H and O–H groups in total. The Kier molecular flexibility index (Phi) is 3.96. The Bertz CT molecular complexity index is 1070. The van der Waals surface area contributed by atoms with E-state index in [4.69, 9.17) is 13.9 Å². The molecule has 0 aliphatic rings. The van der Waals surface area contributed by atoms with E-state index in [1.54, 1.807) is 20.4 Å². The summed E-state index contributed by atoms with van der Waals surface area (Å²) in [5.41, 5.74) is 1.52. The van der Waals surface area contributed by atoms with Gasteiger partial charge in [-0.05, 0) is 37.3 Å². The number of benzene rings is 1. The quantitative estimate of drug-likeness (QED) is 0.585. The number of ether oxygens (including phenoxy) is 2. The maximum Gasteiger partial charge on any atom is 0.236 e. The molecule has 132 valence electrons. The van der Waals surface area contributed by atoms with Gasteiger partial charge >= 0.3 is 0 Å². The molecule has 1 aromatic carbocycles. The molecule has 0 aliphatic carbocycles. The van der Waals surface area contributed by atoms with Crippen LogP contribution in [0.25, 0.3) is 17.2 Å². The number of rotatable bonds is 5. The average molecular weight is 350 g/mol. The summed E-state index contributed by atoms with van der Waals surface area (Å²) in [7, 11) is 3.22. The van der Waals surface area contributed by atoms with Gasteiger partial charge in [-0.15, -0.1) is 0 Å². The minimum Gasteiger partial charge on any atom is -0.493 e. The summed E-state index contributed by atoms with van der Waals surface area (Å²) in [5.74, 6) is 4.15. The zero-order valence-electron chi connectivity index (χ0n) is 14.7. The van der Waals surface area contributed by atoms with Crippen LogP contribution in [-0.4, -0.2) is 28.6 Å². The predicted octanol–water partition coefficient (Wildman–Crippen LogP) is 4.06. The zero-order chi connectivity index (χ0) is 18.1. The second kappa shape index (κ2) is 6.44. The van der Waals surface area contributed by atoms with Crippen molar-refractivity contribution in [3.63, 3.8) is 0 Å². The summed E-state index contributed by atoms with van der Waals surface area (Å²) < 4.78 is 18.3. The molecular weight excluding hydrogens is 332 g/mol. The lowest BCUT2D eigenvalue weighted by Crippen LogP contribution is -1.98. The van der Waals surface area contributed by atoms with E-state index in [2.05, 4.69) is 15.3 Å². The van der Waals surface area contributed by atoms with Crippen LogP contribution in [0, 0.1) is 6.92 Å². The van der Waals surface area contributed by atoms with Gasteiger partial charge in [0.15, 0.2) is 23.0 Å². The normalized spacial score (nSPS) is 10.9. The van der Waals surface area contributed by atoms with Crippen molar-refractivity contribution in [2.45, 2.75) is 6.92 Å². The molecule has 0 saturated carbocycles. The number of aryl methyl sites for hydroxylation is 1. The summed E-state index contributed by atoms with van der Waals surface area (Å²) >= 11 is 0. The van der Waals surface area contributed by atoms with Crippen molar-refractivity contribution in [3.05, 3.63) is 54.6 Å². The second-order valence-corrected chi connectivity index (χ2v) is 5.70. The lowest BCUT2D eigenvalue weighted by molar-refractivity contribution is 0.355. The molecule has 4 rings (SSSR count). The highest BCUT2D eigenvalue weighted by Crippen LogP contribution is 2.35. The number of anilines is 2. The lowest BCUT2D eigenvalue weighted by atomic mass is 10.2. The van der Waals surface area contributed by atoms with Gasteiger partial charge in [-0.1, -0.05) is 0 Å². The van der Waals surface area contributed by atoms with E-state index in [9.17, 15) is 0 Å². The van der Waals surface area contributed by atoms with Gasteiger partial charge in [-0.3, -0.25) is 4.40 Å². The fourth-order valence-corrected chi connectivity index (χ4v) is 2.79. The SMILES string of the molecule is COc1ccc(Nc2c(-c3ccc(C)o3)nc3ncccn23)cc1OC. The zero-order valence-corrected chi connectivity index (χ0v) is 14.7. The number of aromatic nitrogens is 3. The molecule has 0 saturated heterocycles. The third-order valence-corrected chi connectivity index (χ3v) is 4.02. The smallest absolute Gasteiger partial charge is 0.236 e. The van der Waals surface area contributed by atoms with Gasteiger partial charge < -0.3 is 19.2 Å². The Morgan fingerprint density at radius 3 is 2.65 bits per heavy atom. The maximum absolute atomic E-state index is 5.77. The van der Waals surface area contributed by atoms with Gasteiger partial charge in [0.25, 0.3) is 0 Å². The highest BCUT2D eigenvalue weighted by atomic mass is 16.5. The molecular formula is C19H18N4O3. The van der Waals surface area contributed by atoms with Gasteiger partial charge in [0.1, 0.15) is 11.6 Å². The van der Waals surface area contributed by atoms with E-state index in [1.165, 1.54) is 0 Å². The summed E-state index contributed by atoms with van der Waals surface area (Å²) in [5, 5.41) is 3.39. The topological polar surface area (TPSA) is 73.8 Å². The first-order valence-electron chi connectivity index (χ1n) is 8.08. The number of nitrogens with one attached hydrogen (secondary N) is 1. The molecule has 3 heterocycles. The Balaban J connectivity index is 1.83. The molecule has 0 aliphatic heterocycles. The first-order chi connectivity index (χ1) is 12.7. The summed E-state index contributed by atoms with van der Waals surface area (Å²) in [6.45, 7) is 1.90. The van der Waals surface area contributed by atoms with Gasteiger partial charge in [-0.25, -0.2) is 9.97 Å². The Hall–Kier alpha value is -3.48. The van der Waals surface area contributed by atoms with Crippen LogP contribution in [0.3, 0.4) is 0 Å². The molecule has 0 unspecified atom stereocenters. The fraction of sp³-hybridized carbons (Fsp3) is 0.158. The van der Waals surface area contributed by atoms with Gasteiger partial charge in [-0.2, -0.15) is 0 Å². The summed E-state index contributed by atoms with van der Waals surface area (Å²) in [6.07, 6.45) is 3.61. The van der Waals surface area contributed by atoms with Crippen LogP contribution in [-0.2, 0) is 0 Å². The van der Waals surface area contributed by atoms with Gasteiger partial charge in [0, 0.05) is 24.1 Å². The van der Waals surface area contributed by atoms with E-state index in [0.717, 1.165) is 17.3 Å². The highest BCUT2D eigenvalue weighted by molar-refractivity contribution is 5.77. The molecule has 26 heavy (non-hydrogen) atoms. The molecule has 7 heteroatoms. The Morgan fingerprint density at radius 2 is 1.92 bits per heavy atom. The minimum absolute atomic E-state index is 0.583. The number of hydrogen-bond donors (Lipinski definition) is 1. The van der Waals surface area contributed by atoms with E-state index in [0.29, 0.717) is 28.7 Å². The third-order valence-electron chi connectivity index (χ3n) is 4.02. The van der Waals surface area contributed by atoms with Crippen LogP contribution in [0.15, 0.2) is 53.2 Å². The van der Waals surface area contributed by atoms with Crippen molar-refractivity contribution in [1.29, 1.82) is 0 Å². The van der Waals surface area contributed by atoms with Crippen LogP contribution >= 0.6 is 0 Å². The Morgan fingerprint density at radius 1 is 1.08 bits per heavy atom. The molecule has 0 amide bonds. The maximum atomic E-state index is 5.77. The summed E-state index contributed by atoms with van der Waals surface area (Å²) in [6, 6.07) is 11.3. The van der Waals surface area contributed by atoms with Crippen LogP contribution in [0.5, 0.6) is 11.5 Å². The molecule has 3 aromatic heterocycles. The number of nitrogens with zero attached hydrogens (tertiary/aromatic N) is 3. The monoisotopic (exact) mass is 350 g/mol. The van der Waals surface area contributed by atoms with Crippen LogP contribution < -0.4 is 14.8 Å². The molecule has 0 fully saturated rings. The van der Waals surface area contributed by atoms with Crippen LogP contribution in [0.4, 0.5) is 11.5 Å². The standard InChI is InChI=1S/C19H18N4O3/c1-12-5-7-15(26-12)17-18(23-10-4-9-20-19(23)22-17)21-13-6-8-14(24-2)16(11-13)25-3/h4-11,21H,1-3H3. The lowest BCUT2D eigenvalue weighted by Gasteiger charge is -2.12. The molecule has 0 spiro atoms. The van der Waals surface area contributed by atoms with Crippen LogP contribution in [0.2, 0.25) is 0 Å². The fourth-order valence-electron chi connectivity index (χ4n) is 2.79. The number of imidazole rings is 1. The van der Waals surface area contributed by atoms with Gasteiger partial charge in [0.2, 0.25) is 5.78 Å². The minimum atomic E-state index is 0.583. The first-order valence-corrected chi connectivity index (χ1v) is 8.08. The molecule has 0 radical (unpaired) electrons. The van der Waals surface area contributed by atoms with Crippen molar-refractivity contribution in [2.24, 2.45) is 0 Å². The predicted molar refractivity (Wildman–Crippen MR) is 98.3 cm³/mol. The number of furan rings is 1. The first kappa shape index (κ1) is 16.0. The van der Waals surface area contributed by atoms with Crippen molar-refractivity contribution >= 4 is 17.3 Å². The largest absolute Gasteiger partial charge is 0.493 e. The highest BCUT2D eigenvalue weighted by Gasteiger charge is 2.18. The number of fused-ring (bicyclic) bond motifs is 1. The third kappa shape index (κ3) is 2.73. The molecule has 7 nitrogen and oxygen atoms in total. The Labute approximate surface area is 150 Å². The van der Waals surface area contributed by atoms with Gasteiger partial charge in [0.05, 0.1) is 14.2 Å². The number of hydrogen-bond acceptors (Lipinski definition) is 6. The van der Waals surface area contributed by atoms with E-state index in [1.807, 2.05) is 53.9 Å². The molecule has 0 atom stereocenters. The second-order valence-electron chi connectivity index (χ2n) is 5.70. The molecule has 0 bridgehead atoms.